The van der Waals surface area contributed by atoms with Gasteiger partial charge in [-0.05, 0) is 31.2 Å². The Morgan fingerprint density at radius 2 is 2.38 bits per heavy atom. The van der Waals surface area contributed by atoms with Gasteiger partial charge < -0.3 is 10.4 Å². The standard InChI is InChI=1S/C12H16N2O2/c1-8-2-3-9(6-8)14-11-4-5-13-7-10(11)12(15)16/h4-5,7-9H,2-3,6H2,1H3,(H,13,14)(H,15,16). The molecule has 86 valence electrons. The van der Waals surface area contributed by atoms with Crippen molar-refractivity contribution in [1.82, 2.24) is 4.98 Å². The van der Waals surface area contributed by atoms with E-state index in [-0.39, 0.29) is 5.56 Å². The summed E-state index contributed by atoms with van der Waals surface area (Å²) in [7, 11) is 0. The minimum atomic E-state index is -0.929. The molecule has 0 radical (unpaired) electrons. The van der Waals surface area contributed by atoms with Crippen molar-refractivity contribution in [2.45, 2.75) is 32.2 Å². The van der Waals surface area contributed by atoms with E-state index in [9.17, 15) is 4.79 Å². The fraction of sp³-hybridized carbons (Fsp3) is 0.500. The summed E-state index contributed by atoms with van der Waals surface area (Å²) in [6.07, 6.45) is 6.45. The van der Waals surface area contributed by atoms with Crippen LogP contribution in [0.2, 0.25) is 0 Å². The van der Waals surface area contributed by atoms with E-state index in [1.807, 2.05) is 0 Å². The molecule has 16 heavy (non-hydrogen) atoms. The summed E-state index contributed by atoms with van der Waals surface area (Å²) < 4.78 is 0. The van der Waals surface area contributed by atoms with Crippen LogP contribution in [0.3, 0.4) is 0 Å². The molecule has 0 bridgehead atoms. The first-order chi connectivity index (χ1) is 7.66. The van der Waals surface area contributed by atoms with Gasteiger partial charge in [0.1, 0.15) is 5.56 Å². The number of hydrogen-bond donors (Lipinski definition) is 2. The summed E-state index contributed by atoms with van der Waals surface area (Å²) in [6.45, 7) is 2.23. The van der Waals surface area contributed by atoms with E-state index in [2.05, 4.69) is 17.2 Å². The maximum Gasteiger partial charge on any atom is 0.339 e. The van der Waals surface area contributed by atoms with Gasteiger partial charge in [-0.2, -0.15) is 0 Å². The maximum atomic E-state index is 11.0. The van der Waals surface area contributed by atoms with Crippen LogP contribution < -0.4 is 5.32 Å². The molecule has 1 heterocycles. The third kappa shape index (κ3) is 2.32. The van der Waals surface area contributed by atoms with Gasteiger partial charge in [-0.3, -0.25) is 4.98 Å². The monoisotopic (exact) mass is 220 g/mol. The Morgan fingerprint density at radius 3 is 3.00 bits per heavy atom. The number of carbonyl (C=O) groups is 1. The van der Waals surface area contributed by atoms with Gasteiger partial charge in [0.2, 0.25) is 0 Å². The van der Waals surface area contributed by atoms with Crippen molar-refractivity contribution in [3.8, 4) is 0 Å². The minimum Gasteiger partial charge on any atom is -0.478 e. The number of pyridine rings is 1. The molecule has 0 spiro atoms. The minimum absolute atomic E-state index is 0.252. The fourth-order valence-corrected chi connectivity index (χ4v) is 2.25. The van der Waals surface area contributed by atoms with Crippen LogP contribution in [0.5, 0.6) is 0 Å². The first-order valence-electron chi connectivity index (χ1n) is 5.60. The highest BCUT2D eigenvalue weighted by atomic mass is 16.4. The lowest BCUT2D eigenvalue weighted by atomic mass is 10.1. The normalized spacial score (nSPS) is 24.3. The lowest BCUT2D eigenvalue weighted by molar-refractivity contribution is 0.0697. The molecular formula is C12H16N2O2. The molecule has 2 N–H and O–H groups in total. The van der Waals surface area contributed by atoms with E-state index in [0.29, 0.717) is 11.7 Å². The molecule has 0 aliphatic heterocycles. The van der Waals surface area contributed by atoms with Crippen molar-refractivity contribution in [3.63, 3.8) is 0 Å². The van der Waals surface area contributed by atoms with Crippen LogP contribution >= 0.6 is 0 Å². The van der Waals surface area contributed by atoms with Crippen molar-refractivity contribution in [3.05, 3.63) is 24.0 Å². The highest BCUT2D eigenvalue weighted by Gasteiger charge is 2.22. The molecule has 1 aliphatic carbocycles. The highest BCUT2D eigenvalue weighted by Crippen LogP contribution is 2.28. The van der Waals surface area contributed by atoms with Crippen LogP contribution in [0.4, 0.5) is 5.69 Å². The molecule has 0 amide bonds. The number of carboxylic acids is 1. The number of rotatable bonds is 3. The second kappa shape index (κ2) is 4.51. The van der Waals surface area contributed by atoms with Crippen LogP contribution in [-0.2, 0) is 0 Å². The van der Waals surface area contributed by atoms with Crippen LogP contribution in [0, 0.1) is 5.92 Å². The highest BCUT2D eigenvalue weighted by molar-refractivity contribution is 5.93. The molecule has 1 aromatic rings. The molecular weight excluding hydrogens is 204 g/mol. The quantitative estimate of drug-likeness (QED) is 0.821. The smallest absolute Gasteiger partial charge is 0.339 e. The lowest BCUT2D eigenvalue weighted by Gasteiger charge is -2.15. The SMILES string of the molecule is CC1CCC(Nc2ccncc2C(=O)O)C1. The van der Waals surface area contributed by atoms with Crippen LogP contribution in [0.1, 0.15) is 36.5 Å². The van der Waals surface area contributed by atoms with Crippen LogP contribution in [0.25, 0.3) is 0 Å². The number of carboxylic acid groups (broad SMARTS) is 1. The molecule has 0 saturated heterocycles. The van der Waals surface area contributed by atoms with Crippen molar-refractivity contribution in [2.75, 3.05) is 5.32 Å². The van der Waals surface area contributed by atoms with Gasteiger partial charge in [0.15, 0.2) is 0 Å². The van der Waals surface area contributed by atoms with Gasteiger partial charge in [-0.1, -0.05) is 6.92 Å². The van der Waals surface area contributed by atoms with Gasteiger partial charge in [0.05, 0.1) is 5.69 Å². The lowest BCUT2D eigenvalue weighted by Crippen LogP contribution is -2.17. The summed E-state index contributed by atoms with van der Waals surface area (Å²) in [6, 6.07) is 2.13. The fourth-order valence-electron chi connectivity index (χ4n) is 2.25. The molecule has 4 nitrogen and oxygen atoms in total. The number of nitrogens with zero attached hydrogens (tertiary/aromatic N) is 1. The summed E-state index contributed by atoms with van der Waals surface area (Å²) >= 11 is 0. The second-order valence-electron chi connectivity index (χ2n) is 4.49. The zero-order chi connectivity index (χ0) is 11.5. The number of nitrogens with one attached hydrogen (secondary N) is 1. The number of anilines is 1. The van der Waals surface area contributed by atoms with E-state index >= 15 is 0 Å². The molecule has 4 heteroatoms. The van der Waals surface area contributed by atoms with Crippen molar-refractivity contribution in [2.24, 2.45) is 5.92 Å². The van der Waals surface area contributed by atoms with Crippen molar-refractivity contribution >= 4 is 11.7 Å². The maximum absolute atomic E-state index is 11.0. The molecule has 1 saturated carbocycles. The van der Waals surface area contributed by atoms with Crippen LogP contribution in [0.15, 0.2) is 18.5 Å². The molecule has 1 fully saturated rings. The topological polar surface area (TPSA) is 62.2 Å². The van der Waals surface area contributed by atoms with E-state index < -0.39 is 5.97 Å². The zero-order valence-corrected chi connectivity index (χ0v) is 9.31. The Kier molecular flexibility index (Phi) is 3.08. The van der Waals surface area contributed by atoms with Gasteiger partial charge in [0.25, 0.3) is 0 Å². The average Bonchev–Trinajstić information content (AvgIpc) is 2.64. The molecule has 1 aromatic heterocycles. The molecule has 0 aromatic carbocycles. The molecule has 2 unspecified atom stereocenters. The first kappa shape index (κ1) is 10.9. The Morgan fingerprint density at radius 1 is 1.56 bits per heavy atom. The zero-order valence-electron chi connectivity index (χ0n) is 9.31. The van der Waals surface area contributed by atoms with Gasteiger partial charge in [-0.15, -0.1) is 0 Å². The van der Waals surface area contributed by atoms with Gasteiger partial charge in [-0.25, -0.2) is 4.79 Å². The summed E-state index contributed by atoms with van der Waals surface area (Å²) in [5.41, 5.74) is 0.934. The van der Waals surface area contributed by atoms with E-state index in [1.54, 1.807) is 12.3 Å². The molecule has 2 rings (SSSR count). The predicted molar refractivity (Wildman–Crippen MR) is 61.6 cm³/mol. The molecule has 2 atom stereocenters. The van der Waals surface area contributed by atoms with E-state index in [4.69, 9.17) is 5.11 Å². The largest absolute Gasteiger partial charge is 0.478 e. The third-order valence-electron chi connectivity index (χ3n) is 3.11. The summed E-state index contributed by atoms with van der Waals surface area (Å²) in [5.74, 6) is -0.200. The summed E-state index contributed by atoms with van der Waals surface area (Å²) in [5, 5.41) is 12.3. The number of hydrogen-bond acceptors (Lipinski definition) is 3. The Bertz CT molecular complexity index is 392. The Balaban J connectivity index is 2.12. The van der Waals surface area contributed by atoms with E-state index in [1.165, 1.54) is 12.6 Å². The molecule has 1 aliphatic rings. The number of aromatic carboxylic acids is 1. The Labute approximate surface area is 94.7 Å². The summed E-state index contributed by atoms with van der Waals surface area (Å²) in [4.78, 5) is 14.8. The van der Waals surface area contributed by atoms with Crippen molar-refractivity contribution < 1.29 is 9.90 Å². The predicted octanol–water partition coefficient (Wildman–Crippen LogP) is 2.38. The second-order valence-corrected chi connectivity index (χ2v) is 4.49. The van der Waals surface area contributed by atoms with Crippen LogP contribution in [-0.4, -0.2) is 22.1 Å². The average molecular weight is 220 g/mol. The van der Waals surface area contributed by atoms with Gasteiger partial charge >= 0.3 is 5.97 Å². The van der Waals surface area contributed by atoms with Crippen molar-refractivity contribution in [1.29, 1.82) is 0 Å². The van der Waals surface area contributed by atoms with Gasteiger partial charge in [0, 0.05) is 18.4 Å². The Hall–Kier alpha value is -1.58. The van der Waals surface area contributed by atoms with E-state index in [0.717, 1.165) is 18.8 Å². The third-order valence-corrected chi connectivity index (χ3v) is 3.11. The number of aromatic nitrogens is 1. The first-order valence-corrected chi connectivity index (χ1v) is 5.60.